The van der Waals surface area contributed by atoms with Gasteiger partial charge < -0.3 is 19.0 Å². The van der Waals surface area contributed by atoms with Gasteiger partial charge in [-0.2, -0.15) is 0 Å². The lowest BCUT2D eigenvalue weighted by molar-refractivity contribution is 0.0695. The predicted molar refractivity (Wildman–Crippen MR) is 109 cm³/mol. The van der Waals surface area contributed by atoms with Crippen molar-refractivity contribution in [2.24, 2.45) is 5.92 Å². The molecule has 29 heavy (non-hydrogen) atoms. The lowest BCUT2D eigenvalue weighted by Crippen LogP contribution is -2.21. The summed E-state index contributed by atoms with van der Waals surface area (Å²) in [6.07, 6.45) is 3.74. The van der Waals surface area contributed by atoms with E-state index in [0.717, 1.165) is 11.1 Å². The average molecular weight is 396 g/mol. The van der Waals surface area contributed by atoms with Crippen LogP contribution in [0.15, 0.2) is 29.2 Å². The van der Waals surface area contributed by atoms with Crippen LogP contribution in [0.3, 0.4) is 0 Å². The number of hydrogen-bond acceptors (Lipinski definition) is 5. The first-order valence-corrected chi connectivity index (χ1v) is 9.64. The molecule has 7 nitrogen and oxygen atoms in total. The Kier molecular flexibility index (Phi) is 4.48. The molecule has 0 amide bonds. The van der Waals surface area contributed by atoms with E-state index in [1.54, 1.807) is 4.40 Å². The molecule has 1 N–H and O–H groups in total. The fraction of sp³-hybridized carbons (Fsp3) is 0.409. The van der Waals surface area contributed by atoms with Gasteiger partial charge >= 0.3 is 5.97 Å². The van der Waals surface area contributed by atoms with E-state index in [1.165, 1.54) is 32.2 Å². The van der Waals surface area contributed by atoms with Gasteiger partial charge in [-0.05, 0) is 30.9 Å². The molecule has 0 aromatic carbocycles. The number of carbonyl (C=O) groups is 1. The number of pyridine rings is 3. The summed E-state index contributed by atoms with van der Waals surface area (Å²) in [7, 11) is 1.53. The summed E-state index contributed by atoms with van der Waals surface area (Å²) >= 11 is 0. The Morgan fingerprint density at radius 1 is 1.28 bits per heavy atom. The fourth-order valence-corrected chi connectivity index (χ4v) is 3.42. The largest absolute Gasteiger partial charge is 0.488 e. The highest BCUT2D eigenvalue weighted by Gasteiger charge is 2.25. The molecule has 0 aliphatic heterocycles. The third-order valence-electron chi connectivity index (χ3n) is 5.19. The second-order valence-corrected chi connectivity index (χ2v) is 8.58. The number of aromatic carboxylic acids is 1. The van der Waals surface area contributed by atoms with E-state index in [9.17, 15) is 14.7 Å². The molecule has 3 heterocycles. The zero-order chi connectivity index (χ0) is 20.9. The highest BCUT2D eigenvalue weighted by Crippen LogP contribution is 2.36. The normalized spacial score (nSPS) is 14.3. The molecule has 0 spiro atoms. The maximum atomic E-state index is 12.4. The number of carboxylic acid groups (broad SMARTS) is 1. The smallest absolute Gasteiger partial charge is 0.341 e. The molecule has 3 aromatic heterocycles. The van der Waals surface area contributed by atoms with Crippen LogP contribution in [0.2, 0.25) is 0 Å². The SMILES string of the molecule is COc1nc2c(cc1OCC1CC1)cc(C(C)(C)C)n1cc(C(=O)O)c(=O)cc21. The van der Waals surface area contributed by atoms with Gasteiger partial charge in [0, 0.05) is 28.8 Å². The minimum atomic E-state index is -1.25. The number of carboxylic acids is 1. The van der Waals surface area contributed by atoms with Crippen molar-refractivity contribution in [3.05, 3.63) is 45.9 Å². The van der Waals surface area contributed by atoms with Crippen LogP contribution in [0, 0.1) is 5.92 Å². The maximum Gasteiger partial charge on any atom is 0.341 e. The van der Waals surface area contributed by atoms with E-state index in [0.29, 0.717) is 35.2 Å². The van der Waals surface area contributed by atoms with Gasteiger partial charge in [-0.3, -0.25) is 4.79 Å². The van der Waals surface area contributed by atoms with E-state index in [-0.39, 0.29) is 11.0 Å². The first-order chi connectivity index (χ1) is 13.7. The minimum Gasteiger partial charge on any atom is -0.488 e. The third kappa shape index (κ3) is 3.52. The van der Waals surface area contributed by atoms with Crippen LogP contribution < -0.4 is 14.9 Å². The molecule has 1 aliphatic rings. The Morgan fingerprint density at radius 3 is 2.59 bits per heavy atom. The topological polar surface area (TPSA) is 90.1 Å². The monoisotopic (exact) mass is 396 g/mol. The van der Waals surface area contributed by atoms with Crippen molar-refractivity contribution in [3.8, 4) is 11.6 Å². The number of ether oxygens (including phenoxy) is 2. The van der Waals surface area contributed by atoms with Crippen molar-refractivity contribution in [1.29, 1.82) is 0 Å². The number of fused-ring (bicyclic) bond motifs is 3. The highest BCUT2D eigenvalue weighted by molar-refractivity contribution is 5.96. The second-order valence-electron chi connectivity index (χ2n) is 8.58. The number of rotatable bonds is 5. The summed E-state index contributed by atoms with van der Waals surface area (Å²) in [4.78, 5) is 28.5. The number of aromatic nitrogens is 2. The number of methoxy groups -OCH3 is 1. The van der Waals surface area contributed by atoms with E-state index >= 15 is 0 Å². The van der Waals surface area contributed by atoms with E-state index in [2.05, 4.69) is 4.98 Å². The Balaban J connectivity index is 2.03. The van der Waals surface area contributed by atoms with Gasteiger partial charge in [0.05, 0.1) is 24.8 Å². The molecular formula is C22H24N2O5. The van der Waals surface area contributed by atoms with Crippen molar-refractivity contribution in [3.63, 3.8) is 0 Å². The zero-order valence-corrected chi connectivity index (χ0v) is 17.0. The van der Waals surface area contributed by atoms with Gasteiger partial charge in [0.15, 0.2) is 11.2 Å². The van der Waals surface area contributed by atoms with Gasteiger partial charge in [0.2, 0.25) is 0 Å². The van der Waals surface area contributed by atoms with Crippen molar-refractivity contribution in [2.75, 3.05) is 13.7 Å². The van der Waals surface area contributed by atoms with Gasteiger partial charge in [-0.25, -0.2) is 9.78 Å². The number of nitrogens with zero attached hydrogens (tertiary/aromatic N) is 2. The van der Waals surface area contributed by atoms with Gasteiger partial charge in [-0.1, -0.05) is 20.8 Å². The van der Waals surface area contributed by atoms with Crippen LogP contribution in [0.5, 0.6) is 11.6 Å². The molecule has 4 rings (SSSR count). The van der Waals surface area contributed by atoms with Gasteiger partial charge in [0.1, 0.15) is 5.56 Å². The molecule has 1 saturated carbocycles. The van der Waals surface area contributed by atoms with Crippen LogP contribution in [0.4, 0.5) is 0 Å². The first kappa shape index (κ1) is 19.2. The molecule has 152 valence electrons. The molecule has 1 fully saturated rings. The first-order valence-electron chi connectivity index (χ1n) is 9.64. The fourth-order valence-electron chi connectivity index (χ4n) is 3.42. The van der Waals surface area contributed by atoms with Gasteiger partial charge in [-0.15, -0.1) is 0 Å². The Bertz CT molecular complexity index is 1190. The number of hydrogen-bond donors (Lipinski definition) is 1. The molecule has 0 bridgehead atoms. The quantitative estimate of drug-likeness (QED) is 0.662. The lowest BCUT2D eigenvalue weighted by atomic mass is 9.90. The molecule has 0 atom stereocenters. The Morgan fingerprint density at radius 2 is 2.00 bits per heavy atom. The van der Waals surface area contributed by atoms with E-state index in [1.807, 2.05) is 32.9 Å². The van der Waals surface area contributed by atoms with Crippen LogP contribution in [0.1, 0.15) is 49.7 Å². The standard InChI is InChI=1S/C22H24N2O5/c1-22(2,3)18-8-13-7-17(29-11-12-5-6-12)20(28-4)23-19(13)15-9-16(25)14(21(26)27)10-24(15)18/h7-10,12H,5-6,11H2,1-4H3,(H,26,27). The van der Waals surface area contributed by atoms with E-state index < -0.39 is 11.4 Å². The highest BCUT2D eigenvalue weighted by atomic mass is 16.5. The molecule has 0 radical (unpaired) electrons. The summed E-state index contributed by atoms with van der Waals surface area (Å²) in [5.74, 6) is 0.253. The molecule has 1 aliphatic carbocycles. The maximum absolute atomic E-state index is 12.4. The van der Waals surface area contributed by atoms with Crippen LogP contribution >= 0.6 is 0 Å². The molecule has 0 unspecified atom stereocenters. The summed E-state index contributed by atoms with van der Waals surface area (Å²) in [6, 6.07) is 5.18. The molecule has 7 heteroatoms. The molecule has 3 aromatic rings. The van der Waals surface area contributed by atoms with Crippen molar-refractivity contribution >= 4 is 22.4 Å². The van der Waals surface area contributed by atoms with E-state index in [4.69, 9.17) is 9.47 Å². The second kappa shape index (κ2) is 6.76. The average Bonchev–Trinajstić information content (AvgIpc) is 3.47. The minimum absolute atomic E-state index is 0.274. The van der Waals surface area contributed by atoms with Crippen LogP contribution in [-0.4, -0.2) is 34.2 Å². The third-order valence-corrected chi connectivity index (χ3v) is 5.19. The summed E-state index contributed by atoms with van der Waals surface area (Å²) in [5, 5.41) is 10.2. The van der Waals surface area contributed by atoms with Gasteiger partial charge in [0.25, 0.3) is 5.88 Å². The van der Waals surface area contributed by atoms with Crippen molar-refractivity contribution in [2.45, 2.75) is 39.0 Å². The zero-order valence-electron chi connectivity index (χ0n) is 17.0. The van der Waals surface area contributed by atoms with Crippen molar-refractivity contribution in [1.82, 2.24) is 9.38 Å². The van der Waals surface area contributed by atoms with Crippen molar-refractivity contribution < 1.29 is 19.4 Å². The lowest BCUT2D eigenvalue weighted by Gasteiger charge is -2.24. The summed E-state index contributed by atoms with van der Waals surface area (Å²) < 4.78 is 13.1. The Hall–Kier alpha value is -3.09. The van der Waals surface area contributed by atoms with Crippen LogP contribution in [0.25, 0.3) is 16.4 Å². The predicted octanol–water partition coefficient (Wildman–Crippen LogP) is 3.64. The molecule has 0 saturated heterocycles. The summed E-state index contributed by atoms with van der Waals surface area (Å²) in [6.45, 7) is 6.74. The Labute approximate surface area is 167 Å². The summed E-state index contributed by atoms with van der Waals surface area (Å²) in [5.41, 5.74) is 0.829. The molecular weight excluding hydrogens is 372 g/mol. The van der Waals surface area contributed by atoms with Crippen LogP contribution in [-0.2, 0) is 5.41 Å².